The van der Waals surface area contributed by atoms with Crippen LogP contribution in [0.1, 0.15) is 19.4 Å². The molecule has 0 radical (unpaired) electrons. The van der Waals surface area contributed by atoms with E-state index in [1.165, 1.54) is 6.21 Å². The Hall–Kier alpha value is -1.23. The van der Waals surface area contributed by atoms with Gasteiger partial charge in [-0.15, -0.1) is 0 Å². The summed E-state index contributed by atoms with van der Waals surface area (Å²) in [4.78, 5) is 0. The van der Waals surface area contributed by atoms with Gasteiger partial charge < -0.3 is 14.7 Å². The Morgan fingerprint density at radius 2 is 1.81 bits per heavy atom. The first-order valence-corrected chi connectivity index (χ1v) is 5.78. The minimum atomic E-state index is 0.553. The van der Waals surface area contributed by atoms with Crippen LogP contribution in [0.15, 0.2) is 21.8 Å². The fourth-order valence-corrected chi connectivity index (χ4v) is 1.67. The van der Waals surface area contributed by atoms with Crippen molar-refractivity contribution in [2.45, 2.75) is 13.8 Å². The molecule has 16 heavy (non-hydrogen) atoms. The van der Waals surface area contributed by atoms with Gasteiger partial charge in [0.15, 0.2) is 11.5 Å². The van der Waals surface area contributed by atoms with Crippen LogP contribution in [0, 0.1) is 0 Å². The first-order valence-electron chi connectivity index (χ1n) is 4.99. The fraction of sp³-hybridized carbons (Fsp3) is 0.364. The van der Waals surface area contributed by atoms with Crippen molar-refractivity contribution in [3.05, 3.63) is 22.2 Å². The van der Waals surface area contributed by atoms with E-state index in [9.17, 15) is 0 Å². The van der Waals surface area contributed by atoms with E-state index in [-0.39, 0.29) is 0 Å². The summed E-state index contributed by atoms with van der Waals surface area (Å²) in [6.07, 6.45) is 1.34. The molecular formula is C11H14BrNO3. The van der Waals surface area contributed by atoms with Gasteiger partial charge in [0, 0.05) is 10.0 Å². The van der Waals surface area contributed by atoms with Gasteiger partial charge >= 0.3 is 0 Å². The normalized spacial score (nSPS) is 10.7. The number of rotatable bonds is 5. The molecule has 0 aliphatic heterocycles. The van der Waals surface area contributed by atoms with Gasteiger partial charge in [-0.1, -0.05) is 5.16 Å². The van der Waals surface area contributed by atoms with Crippen LogP contribution >= 0.6 is 15.9 Å². The lowest BCUT2D eigenvalue weighted by atomic mass is 10.2. The van der Waals surface area contributed by atoms with E-state index in [4.69, 9.17) is 14.7 Å². The van der Waals surface area contributed by atoms with Crippen molar-refractivity contribution >= 4 is 22.1 Å². The smallest absolute Gasteiger partial charge is 0.162 e. The Morgan fingerprint density at radius 3 is 2.31 bits per heavy atom. The lowest BCUT2D eigenvalue weighted by Crippen LogP contribution is -2.00. The molecule has 0 aliphatic carbocycles. The molecule has 1 aromatic rings. The second-order valence-electron chi connectivity index (χ2n) is 2.93. The highest BCUT2D eigenvalue weighted by atomic mass is 79.9. The van der Waals surface area contributed by atoms with Crippen LogP contribution < -0.4 is 9.47 Å². The van der Waals surface area contributed by atoms with Crippen molar-refractivity contribution in [3.8, 4) is 11.5 Å². The molecule has 0 fully saturated rings. The SMILES string of the molecule is CCOc1cc(Br)c(C=NO)cc1OCC. The third-order valence-corrected chi connectivity index (χ3v) is 2.55. The van der Waals surface area contributed by atoms with E-state index < -0.39 is 0 Å². The topological polar surface area (TPSA) is 51.0 Å². The van der Waals surface area contributed by atoms with Crippen LogP contribution in [0.2, 0.25) is 0 Å². The van der Waals surface area contributed by atoms with Gasteiger partial charge in [-0.2, -0.15) is 0 Å². The molecule has 1 aromatic carbocycles. The van der Waals surface area contributed by atoms with E-state index in [2.05, 4.69) is 21.1 Å². The van der Waals surface area contributed by atoms with E-state index in [1.807, 2.05) is 13.8 Å². The molecule has 1 rings (SSSR count). The first-order chi connectivity index (χ1) is 7.72. The highest BCUT2D eigenvalue weighted by molar-refractivity contribution is 9.10. The molecule has 5 heteroatoms. The van der Waals surface area contributed by atoms with Gasteiger partial charge in [0.1, 0.15) is 0 Å². The molecule has 1 N–H and O–H groups in total. The summed E-state index contributed by atoms with van der Waals surface area (Å²) in [5.41, 5.74) is 0.731. The van der Waals surface area contributed by atoms with Crippen LogP contribution in [0.3, 0.4) is 0 Å². The summed E-state index contributed by atoms with van der Waals surface area (Å²) in [5, 5.41) is 11.5. The summed E-state index contributed by atoms with van der Waals surface area (Å²) in [6.45, 7) is 4.93. The second-order valence-corrected chi connectivity index (χ2v) is 3.79. The largest absolute Gasteiger partial charge is 0.490 e. The van der Waals surface area contributed by atoms with Crippen LogP contribution in [-0.2, 0) is 0 Å². The maximum Gasteiger partial charge on any atom is 0.162 e. The molecule has 0 spiro atoms. The van der Waals surface area contributed by atoms with Crippen molar-refractivity contribution in [2.24, 2.45) is 5.16 Å². The number of hydrogen-bond donors (Lipinski definition) is 1. The summed E-state index contributed by atoms with van der Waals surface area (Å²) in [5.74, 6) is 1.31. The summed E-state index contributed by atoms with van der Waals surface area (Å²) in [6, 6.07) is 3.56. The number of oxime groups is 1. The van der Waals surface area contributed by atoms with Crippen molar-refractivity contribution in [1.29, 1.82) is 0 Å². The first kappa shape index (κ1) is 12.8. The van der Waals surface area contributed by atoms with E-state index in [0.29, 0.717) is 24.7 Å². The Balaban J connectivity index is 3.13. The van der Waals surface area contributed by atoms with E-state index >= 15 is 0 Å². The van der Waals surface area contributed by atoms with E-state index in [1.54, 1.807) is 12.1 Å². The number of halogens is 1. The molecule has 88 valence electrons. The van der Waals surface area contributed by atoms with Gasteiger partial charge in [0.25, 0.3) is 0 Å². The van der Waals surface area contributed by atoms with Gasteiger partial charge in [0.05, 0.1) is 19.4 Å². The molecular weight excluding hydrogens is 274 g/mol. The quantitative estimate of drug-likeness (QED) is 0.514. The predicted molar refractivity (Wildman–Crippen MR) is 65.9 cm³/mol. The number of nitrogens with zero attached hydrogens (tertiary/aromatic N) is 1. The highest BCUT2D eigenvalue weighted by Gasteiger charge is 2.09. The summed E-state index contributed by atoms with van der Waals surface area (Å²) >= 11 is 3.37. The monoisotopic (exact) mass is 287 g/mol. The standard InChI is InChI=1S/C11H14BrNO3/c1-3-15-10-5-8(7-13-14)9(12)6-11(10)16-4-2/h5-7,14H,3-4H2,1-2H3. The number of ether oxygens (including phenoxy) is 2. The zero-order valence-corrected chi connectivity index (χ0v) is 10.8. The summed E-state index contributed by atoms with van der Waals surface area (Å²) < 4.78 is 11.7. The molecule has 0 aliphatic rings. The third kappa shape index (κ3) is 3.13. The molecule has 0 saturated heterocycles. The molecule has 0 amide bonds. The van der Waals surface area contributed by atoms with Gasteiger partial charge in [-0.3, -0.25) is 0 Å². The minimum Gasteiger partial charge on any atom is -0.490 e. The average Bonchev–Trinajstić information content (AvgIpc) is 2.25. The lowest BCUT2D eigenvalue weighted by molar-refractivity contribution is 0.287. The summed E-state index contributed by atoms with van der Waals surface area (Å²) in [7, 11) is 0. The molecule has 0 heterocycles. The maximum atomic E-state index is 8.51. The fourth-order valence-electron chi connectivity index (χ4n) is 1.25. The van der Waals surface area contributed by atoms with Crippen LogP contribution in [0.5, 0.6) is 11.5 Å². The van der Waals surface area contributed by atoms with Gasteiger partial charge in [0.2, 0.25) is 0 Å². The Bertz CT molecular complexity index is 380. The maximum absolute atomic E-state index is 8.51. The number of hydrogen-bond acceptors (Lipinski definition) is 4. The second kappa shape index (κ2) is 6.37. The molecule has 0 saturated carbocycles. The molecule has 0 bridgehead atoms. The third-order valence-electron chi connectivity index (χ3n) is 1.86. The zero-order valence-electron chi connectivity index (χ0n) is 9.24. The van der Waals surface area contributed by atoms with Crippen molar-refractivity contribution in [2.75, 3.05) is 13.2 Å². The molecule has 4 nitrogen and oxygen atoms in total. The Morgan fingerprint density at radius 1 is 1.25 bits per heavy atom. The minimum absolute atomic E-state index is 0.553. The molecule has 0 aromatic heterocycles. The molecule has 0 atom stereocenters. The lowest BCUT2D eigenvalue weighted by Gasteiger charge is -2.12. The van der Waals surface area contributed by atoms with Crippen LogP contribution in [-0.4, -0.2) is 24.6 Å². The Kier molecular flexibility index (Phi) is 5.11. The van der Waals surface area contributed by atoms with Crippen molar-refractivity contribution in [3.63, 3.8) is 0 Å². The average molecular weight is 288 g/mol. The van der Waals surface area contributed by atoms with Gasteiger partial charge in [-0.25, -0.2) is 0 Å². The van der Waals surface area contributed by atoms with Gasteiger partial charge in [-0.05, 0) is 41.9 Å². The van der Waals surface area contributed by atoms with E-state index in [0.717, 1.165) is 10.0 Å². The zero-order chi connectivity index (χ0) is 12.0. The van der Waals surface area contributed by atoms with Crippen molar-refractivity contribution < 1.29 is 14.7 Å². The highest BCUT2D eigenvalue weighted by Crippen LogP contribution is 2.33. The number of benzene rings is 1. The molecule has 0 unspecified atom stereocenters. The van der Waals surface area contributed by atoms with Crippen LogP contribution in [0.4, 0.5) is 0 Å². The van der Waals surface area contributed by atoms with Crippen molar-refractivity contribution in [1.82, 2.24) is 0 Å². The predicted octanol–water partition coefficient (Wildman–Crippen LogP) is 3.05. The Labute approximate surface area is 103 Å². The van der Waals surface area contributed by atoms with Crippen LogP contribution in [0.25, 0.3) is 0 Å².